The van der Waals surface area contributed by atoms with Crippen molar-refractivity contribution in [1.82, 2.24) is 14.1 Å². The summed E-state index contributed by atoms with van der Waals surface area (Å²) in [5.41, 5.74) is 2.84. The van der Waals surface area contributed by atoms with Crippen LogP contribution in [-0.2, 0) is 17.9 Å². The molecule has 0 aliphatic heterocycles. The normalized spacial score (nSPS) is 11.3. The molecule has 5 aromatic rings. The van der Waals surface area contributed by atoms with Gasteiger partial charge in [0.1, 0.15) is 23.4 Å². The van der Waals surface area contributed by atoms with Gasteiger partial charge < -0.3 is 9.88 Å². The van der Waals surface area contributed by atoms with E-state index in [9.17, 15) is 14.0 Å². The van der Waals surface area contributed by atoms with Crippen LogP contribution in [-0.4, -0.2) is 20.0 Å². The van der Waals surface area contributed by atoms with Crippen LogP contribution in [0, 0.1) is 12.7 Å². The second-order valence-corrected chi connectivity index (χ2v) is 9.06. The maximum Gasteiger partial charge on any atom is 0.278 e. The molecule has 5 rings (SSSR count). The highest BCUT2D eigenvalue weighted by Crippen LogP contribution is 2.27. The summed E-state index contributed by atoms with van der Waals surface area (Å²) in [6, 6.07) is 16.6. The summed E-state index contributed by atoms with van der Waals surface area (Å²) in [5, 5.41) is 4.17. The molecule has 1 amide bonds. The summed E-state index contributed by atoms with van der Waals surface area (Å²) < 4.78 is 17.1. The maximum atomic E-state index is 14.1. The number of aryl methyl sites for hydroxylation is 1. The molecule has 0 unspecified atom stereocenters. The molecule has 35 heavy (non-hydrogen) atoms. The standard InChI is InChI=1S/C26H19Cl2FN4O2/c1-15-6-8-21(20(28)10-15)31-23(34)13-33-22-9-7-17(29)11-18(22)24-25(33)26(35)32(14-30-24)12-16-4-2-3-5-19(16)27/h2-11,14H,12-13H2,1H3,(H,31,34). The van der Waals surface area contributed by atoms with Crippen LogP contribution in [0.5, 0.6) is 0 Å². The minimum atomic E-state index is -0.463. The number of fused-ring (bicyclic) bond motifs is 3. The first-order valence-electron chi connectivity index (χ1n) is 10.8. The Labute approximate surface area is 209 Å². The van der Waals surface area contributed by atoms with Crippen molar-refractivity contribution < 1.29 is 9.18 Å². The van der Waals surface area contributed by atoms with Crippen molar-refractivity contribution in [2.24, 2.45) is 0 Å². The van der Waals surface area contributed by atoms with Crippen LogP contribution in [0.3, 0.4) is 0 Å². The number of carbonyl (C=O) groups excluding carboxylic acids is 1. The molecular weight excluding hydrogens is 490 g/mol. The number of hydrogen-bond acceptors (Lipinski definition) is 3. The van der Waals surface area contributed by atoms with Gasteiger partial charge >= 0.3 is 0 Å². The fraction of sp³-hybridized carbons (Fsp3) is 0.115. The van der Waals surface area contributed by atoms with Crippen molar-refractivity contribution in [1.29, 1.82) is 0 Å². The van der Waals surface area contributed by atoms with E-state index < -0.39 is 5.82 Å². The molecule has 1 N–H and O–H groups in total. The van der Waals surface area contributed by atoms with Gasteiger partial charge in [0, 0.05) is 10.4 Å². The highest BCUT2D eigenvalue weighted by atomic mass is 35.5. The van der Waals surface area contributed by atoms with Crippen LogP contribution in [0.1, 0.15) is 11.1 Å². The van der Waals surface area contributed by atoms with E-state index in [2.05, 4.69) is 10.3 Å². The Morgan fingerprint density at radius 1 is 1.06 bits per heavy atom. The number of benzene rings is 3. The van der Waals surface area contributed by atoms with Gasteiger partial charge in [-0.2, -0.15) is 0 Å². The Morgan fingerprint density at radius 3 is 2.63 bits per heavy atom. The Hall–Kier alpha value is -3.68. The van der Waals surface area contributed by atoms with E-state index in [0.717, 1.165) is 11.1 Å². The third kappa shape index (κ3) is 4.40. The van der Waals surface area contributed by atoms with Crippen molar-refractivity contribution in [2.45, 2.75) is 20.0 Å². The Balaban J connectivity index is 1.61. The van der Waals surface area contributed by atoms with E-state index in [1.165, 1.54) is 29.1 Å². The lowest BCUT2D eigenvalue weighted by molar-refractivity contribution is -0.116. The first-order valence-corrected chi connectivity index (χ1v) is 11.5. The monoisotopic (exact) mass is 508 g/mol. The fourth-order valence-electron chi connectivity index (χ4n) is 4.11. The lowest BCUT2D eigenvalue weighted by Gasteiger charge is -2.11. The molecule has 0 saturated heterocycles. The van der Waals surface area contributed by atoms with E-state index in [1.54, 1.807) is 28.8 Å². The molecule has 0 bridgehead atoms. The van der Waals surface area contributed by atoms with E-state index in [0.29, 0.717) is 32.2 Å². The van der Waals surface area contributed by atoms with Gasteiger partial charge in [-0.3, -0.25) is 14.2 Å². The van der Waals surface area contributed by atoms with Gasteiger partial charge in [0.05, 0.1) is 29.1 Å². The SMILES string of the molecule is Cc1ccc(NC(=O)Cn2c3ccc(F)cc3c3ncn(Cc4ccccc4Cl)c(=O)c32)c(Cl)c1. The number of nitrogens with one attached hydrogen (secondary N) is 1. The third-order valence-corrected chi connectivity index (χ3v) is 6.47. The summed E-state index contributed by atoms with van der Waals surface area (Å²) in [7, 11) is 0. The van der Waals surface area contributed by atoms with Crippen LogP contribution in [0.25, 0.3) is 21.9 Å². The summed E-state index contributed by atoms with van der Waals surface area (Å²) >= 11 is 12.5. The van der Waals surface area contributed by atoms with Crippen molar-refractivity contribution in [3.8, 4) is 0 Å². The zero-order valence-electron chi connectivity index (χ0n) is 18.6. The summed E-state index contributed by atoms with van der Waals surface area (Å²) in [4.78, 5) is 31.0. The van der Waals surface area contributed by atoms with Gasteiger partial charge in [-0.25, -0.2) is 9.37 Å². The average molecular weight is 509 g/mol. The number of anilines is 1. The van der Waals surface area contributed by atoms with Gasteiger partial charge in [-0.15, -0.1) is 0 Å². The molecule has 0 fully saturated rings. The number of hydrogen-bond donors (Lipinski definition) is 1. The Kier molecular flexibility index (Phi) is 6.05. The first-order chi connectivity index (χ1) is 16.8. The van der Waals surface area contributed by atoms with E-state index in [4.69, 9.17) is 23.2 Å². The first kappa shape index (κ1) is 23.1. The second kappa shape index (κ2) is 9.17. The van der Waals surface area contributed by atoms with Gasteiger partial charge in [0.15, 0.2) is 0 Å². The molecule has 0 aliphatic carbocycles. The lowest BCUT2D eigenvalue weighted by atomic mass is 10.2. The van der Waals surface area contributed by atoms with Crippen LogP contribution < -0.4 is 10.9 Å². The van der Waals surface area contributed by atoms with Crippen LogP contribution in [0.15, 0.2) is 71.8 Å². The van der Waals surface area contributed by atoms with Crippen LogP contribution in [0.2, 0.25) is 10.0 Å². The molecule has 0 radical (unpaired) electrons. The van der Waals surface area contributed by atoms with Crippen molar-refractivity contribution in [2.75, 3.05) is 5.32 Å². The molecule has 0 spiro atoms. The predicted octanol–water partition coefficient (Wildman–Crippen LogP) is 5.79. The minimum absolute atomic E-state index is 0.192. The molecule has 2 aromatic heterocycles. The third-order valence-electron chi connectivity index (χ3n) is 5.79. The molecule has 2 heterocycles. The lowest BCUT2D eigenvalue weighted by Crippen LogP contribution is -2.25. The number of nitrogens with zero attached hydrogens (tertiary/aromatic N) is 3. The fourth-order valence-corrected chi connectivity index (χ4v) is 4.59. The number of halogens is 3. The van der Waals surface area contributed by atoms with Crippen molar-refractivity contribution in [3.05, 3.63) is 104 Å². The highest BCUT2D eigenvalue weighted by molar-refractivity contribution is 6.33. The van der Waals surface area contributed by atoms with Crippen molar-refractivity contribution >= 4 is 56.7 Å². The zero-order chi connectivity index (χ0) is 24.7. The maximum absolute atomic E-state index is 14.1. The quantitative estimate of drug-likeness (QED) is 0.326. The molecule has 3 aromatic carbocycles. The largest absolute Gasteiger partial charge is 0.325 e. The van der Waals surface area contributed by atoms with Gasteiger partial charge in [-0.1, -0.05) is 47.5 Å². The number of carbonyl (C=O) groups is 1. The smallest absolute Gasteiger partial charge is 0.278 e. The topological polar surface area (TPSA) is 68.9 Å². The zero-order valence-corrected chi connectivity index (χ0v) is 20.1. The number of aromatic nitrogens is 3. The molecule has 0 saturated carbocycles. The summed E-state index contributed by atoms with van der Waals surface area (Å²) in [6.07, 6.45) is 1.41. The minimum Gasteiger partial charge on any atom is -0.325 e. The van der Waals surface area contributed by atoms with Crippen LogP contribution in [0.4, 0.5) is 10.1 Å². The molecule has 176 valence electrons. The van der Waals surface area contributed by atoms with Gasteiger partial charge in [-0.05, 0) is 54.4 Å². The van der Waals surface area contributed by atoms with E-state index >= 15 is 0 Å². The summed E-state index contributed by atoms with van der Waals surface area (Å²) in [5.74, 6) is -0.853. The van der Waals surface area contributed by atoms with E-state index in [1.807, 2.05) is 25.1 Å². The van der Waals surface area contributed by atoms with Crippen molar-refractivity contribution in [3.63, 3.8) is 0 Å². The molecule has 9 heteroatoms. The predicted molar refractivity (Wildman–Crippen MR) is 137 cm³/mol. The van der Waals surface area contributed by atoms with Gasteiger partial charge in [0.25, 0.3) is 5.56 Å². The summed E-state index contributed by atoms with van der Waals surface area (Å²) in [6.45, 7) is 1.90. The molecular formula is C26H19Cl2FN4O2. The second-order valence-electron chi connectivity index (χ2n) is 8.25. The molecule has 6 nitrogen and oxygen atoms in total. The van der Waals surface area contributed by atoms with Crippen LogP contribution >= 0.6 is 23.2 Å². The number of rotatable bonds is 5. The Bertz CT molecular complexity index is 1680. The van der Waals surface area contributed by atoms with E-state index in [-0.39, 0.29) is 30.1 Å². The number of amides is 1. The Morgan fingerprint density at radius 2 is 1.86 bits per heavy atom. The highest BCUT2D eigenvalue weighted by Gasteiger charge is 2.20. The molecule has 0 aliphatic rings. The average Bonchev–Trinajstić information content (AvgIpc) is 3.12. The molecule has 0 atom stereocenters. The van der Waals surface area contributed by atoms with Gasteiger partial charge in [0.2, 0.25) is 5.91 Å².